The first-order valence-electron chi connectivity index (χ1n) is 12.6. The Hall–Kier alpha value is -3.51. The third kappa shape index (κ3) is 9.63. The van der Waals surface area contributed by atoms with Crippen LogP contribution in [0.2, 0.25) is 0 Å². The summed E-state index contributed by atoms with van der Waals surface area (Å²) in [6, 6.07) is 11.3. The molecule has 2 atom stereocenters. The van der Waals surface area contributed by atoms with Gasteiger partial charge in [0.1, 0.15) is 17.3 Å². The molecule has 216 valence electrons. The predicted octanol–water partition coefficient (Wildman–Crippen LogP) is 3.74. The Bertz CT molecular complexity index is 1220. The lowest BCUT2D eigenvalue weighted by Gasteiger charge is -2.30. The molecule has 0 saturated carbocycles. The minimum Gasteiger partial charge on any atom is -0.495 e. The lowest BCUT2D eigenvalue weighted by Crippen LogP contribution is -2.44. The fourth-order valence-electron chi connectivity index (χ4n) is 3.64. The molecular weight excluding hydrogens is 528 g/mol. The molecule has 0 saturated heterocycles. The van der Waals surface area contributed by atoms with E-state index in [0.29, 0.717) is 23.7 Å². The molecule has 0 radical (unpaired) electrons. The van der Waals surface area contributed by atoms with Gasteiger partial charge in [-0.15, -0.1) is 0 Å². The van der Waals surface area contributed by atoms with Crippen LogP contribution >= 0.6 is 0 Å². The molecule has 0 heterocycles. The highest BCUT2D eigenvalue weighted by Crippen LogP contribution is 2.27. The van der Waals surface area contributed by atoms with Crippen molar-refractivity contribution in [2.24, 2.45) is 11.1 Å². The molecule has 2 N–H and O–H groups in total. The summed E-state index contributed by atoms with van der Waals surface area (Å²) < 4.78 is 51.3. The van der Waals surface area contributed by atoms with E-state index in [2.05, 4.69) is 0 Å². The zero-order valence-corrected chi connectivity index (χ0v) is 24.0. The molecule has 12 heteroatoms. The van der Waals surface area contributed by atoms with Crippen molar-refractivity contribution in [1.82, 2.24) is 4.90 Å². The van der Waals surface area contributed by atoms with E-state index in [-0.39, 0.29) is 36.1 Å². The molecule has 0 fully saturated rings. The number of nitrogens with zero attached hydrogens (tertiary/aromatic N) is 1. The normalized spacial score (nSPS) is 12.8. The first-order chi connectivity index (χ1) is 18.4. The van der Waals surface area contributed by atoms with Gasteiger partial charge in [0.05, 0.1) is 26.2 Å². The van der Waals surface area contributed by atoms with Gasteiger partial charge in [0, 0.05) is 13.0 Å². The van der Waals surface area contributed by atoms with Gasteiger partial charge in [-0.3, -0.25) is 4.79 Å². The summed E-state index contributed by atoms with van der Waals surface area (Å²) in [5.74, 6) is 0.326. The Balaban J connectivity index is 2.23. The Morgan fingerprint density at radius 1 is 0.949 bits per heavy atom. The van der Waals surface area contributed by atoms with Crippen LogP contribution in [-0.4, -0.2) is 64.6 Å². The number of carbonyl (C=O) groups excluding carboxylic acids is 2. The van der Waals surface area contributed by atoms with E-state index in [1.54, 1.807) is 39.0 Å². The maximum Gasteiger partial charge on any atom is 0.413 e. The molecule has 2 aromatic carbocycles. The maximum absolute atomic E-state index is 13.2. The zero-order valence-electron chi connectivity index (χ0n) is 23.2. The Morgan fingerprint density at radius 3 is 2.15 bits per heavy atom. The number of esters is 1. The number of benzene rings is 2. The van der Waals surface area contributed by atoms with Crippen LogP contribution in [-0.2, 0) is 30.7 Å². The molecule has 0 aliphatic heterocycles. The summed E-state index contributed by atoms with van der Waals surface area (Å²) in [6.45, 7) is 9.13. The number of hydrogen-bond donors (Lipinski definition) is 1. The van der Waals surface area contributed by atoms with Crippen molar-refractivity contribution in [3.05, 3.63) is 48.0 Å². The molecule has 2 aromatic rings. The van der Waals surface area contributed by atoms with Crippen LogP contribution in [0.3, 0.4) is 0 Å². The van der Waals surface area contributed by atoms with Crippen LogP contribution in [0.5, 0.6) is 17.2 Å². The predicted molar refractivity (Wildman–Crippen MR) is 144 cm³/mol. The second-order valence-electron chi connectivity index (χ2n) is 9.05. The third-order valence-electron chi connectivity index (χ3n) is 5.59. The number of hydrogen-bond acceptors (Lipinski definition) is 9. The summed E-state index contributed by atoms with van der Waals surface area (Å²) >= 11 is 0. The van der Waals surface area contributed by atoms with Crippen LogP contribution in [0.15, 0.2) is 47.4 Å². The minimum atomic E-state index is -4.04. The van der Waals surface area contributed by atoms with Gasteiger partial charge in [0.15, 0.2) is 11.5 Å². The monoisotopic (exact) mass is 566 g/mol. The molecule has 2 rings (SSSR count). The van der Waals surface area contributed by atoms with Crippen molar-refractivity contribution in [3.8, 4) is 17.2 Å². The van der Waals surface area contributed by atoms with Gasteiger partial charge >= 0.3 is 12.1 Å². The molecule has 0 spiro atoms. The van der Waals surface area contributed by atoms with Gasteiger partial charge in [-0.2, -0.15) is 0 Å². The Morgan fingerprint density at radius 2 is 1.59 bits per heavy atom. The van der Waals surface area contributed by atoms with E-state index >= 15 is 0 Å². The van der Waals surface area contributed by atoms with Crippen LogP contribution < -0.4 is 19.3 Å². The van der Waals surface area contributed by atoms with Crippen LogP contribution in [0.25, 0.3) is 0 Å². The van der Waals surface area contributed by atoms with Gasteiger partial charge in [-0.25, -0.2) is 18.4 Å². The van der Waals surface area contributed by atoms with Crippen molar-refractivity contribution < 1.29 is 41.7 Å². The number of methoxy groups -OCH3 is 1. The van der Waals surface area contributed by atoms with Crippen molar-refractivity contribution in [2.45, 2.75) is 58.3 Å². The number of primary sulfonamides is 1. The number of sulfonamides is 1. The van der Waals surface area contributed by atoms with E-state index in [1.807, 2.05) is 19.1 Å². The first kappa shape index (κ1) is 31.7. The lowest BCUT2D eigenvalue weighted by molar-refractivity contribution is -0.170. The largest absolute Gasteiger partial charge is 0.495 e. The number of nitrogens with two attached hydrogens (primary N) is 1. The fourth-order valence-corrected chi connectivity index (χ4v) is 4.39. The van der Waals surface area contributed by atoms with E-state index in [9.17, 15) is 18.0 Å². The van der Waals surface area contributed by atoms with Gasteiger partial charge in [-0.05, 0) is 50.1 Å². The molecule has 2 unspecified atom stereocenters. The lowest BCUT2D eigenvalue weighted by atomic mass is 10.1. The summed E-state index contributed by atoms with van der Waals surface area (Å²) in [7, 11) is -2.69. The number of para-hydroxylation sites is 2. The van der Waals surface area contributed by atoms with E-state index in [4.69, 9.17) is 28.8 Å². The molecule has 11 nitrogen and oxygen atoms in total. The van der Waals surface area contributed by atoms with Crippen LogP contribution in [0, 0.1) is 5.92 Å². The van der Waals surface area contributed by atoms with Crippen molar-refractivity contribution >= 4 is 22.1 Å². The van der Waals surface area contributed by atoms with E-state index < -0.39 is 34.4 Å². The number of ether oxygens (including phenoxy) is 5. The fraction of sp³-hybridized carbons (Fsp3) is 0.481. The highest BCUT2D eigenvalue weighted by Gasteiger charge is 2.26. The van der Waals surface area contributed by atoms with Gasteiger partial charge in [0.2, 0.25) is 16.3 Å². The highest BCUT2D eigenvalue weighted by atomic mass is 32.2. The first-order valence-corrected chi connectivity index (χ1v) is 14.1. The van der Waals surface area contributed by atoms with Gasteiger partial charge < -0.3 is 28.6 Å². The summed E-state index contributed by atoms with van der Waals surface area (Å²) in [6.07, 6.45) is -1.58. The average Bonchev–Trinajstić information content (AvgIpc) is 2.86. The standard InChI is InChI=1S/C27H38N2O9S/c1-7-35-22-10-8-9-11-23(22)36-15-14-29(27(31)38-20(5)37-26(30)18(2)3)19(4)16-21-12-13-24(34-6)25(17-21)39(28,32)33/h8-13,17-20H,7,14-16H2,1-6H3,(H2,28,32,33). The number of amides is 1. The quantitative estimate of drug-likeness (QED) is 0.267. The molecule has 0 aliphatic rings. The molecule has 39 heavy (non-hydrogen) atoms. The number of rotatable bonds is 14. The Kier molecular flexibility index (Phi) is 11.9. The van der Waals surface area contributed by atoms with Crippen LogP contribution in [0.4, 0.5) is 4.79 Å². The van der Waals surface area contributed by atoms with Gasteiger partial charge in [0.25, 0.3) is 0 Å². The highest BCUT2D eigenvalue weighted by molar-refractivity contribution is 7.89. The summed E-state index contributed by atoms with van der Waals surface area (Å²) in [4.78, 5) is 26.4. The number of carbonyl (C=O) groups is 2. The van der Waals surface area contributed by atoms with Crippen molar-refractivity contribution in [3.63, 3.8) is 0 Å². The second-order valence-corrected chi connectivity index (χ2v) is 10.6. The van der Waals surface area contributed by atoms with Crippen molar-refractivity contribution in [2.75, 3.05) is 26.9 Å². The van der Waals surface area contributed by atoms with E-state index in [1.165, 1.54) is 31.1 Å². The molecule has 0 aromatic heterocycles. The molecule has 1 amide bonds. The van der Waals surface area contributed by atoms with Gasteiger partial charge in [-0.1, -0.05) is 32.0 Å². The summed E-state index contributed by atoms with van der Waals surface area (Å²) in [5.41, 5.74) is 0.604. The van der Waals surface area contributed by atoms with Crippen molar-refractivity contribution in [1.29, 1.82) is 0 Å². The summed E-state index contributed by atoms with van der Waals surface area (Å²) in [5, 5.41) is 5.35. The molecule has 0 bridgehead atoms. The average molecular weight is 567 g/mol. The Labute approximate surface area is 230 Å². The molecular formula is C27H38N2O9S. The SMILES string of the molecule is CCOc1ccccc1OCCN(C(=O)OC(C)OC(=O)C(C)C)C(C)Cc1ccc(OC)c(S(N)(=O)=O)c1. The van der Waals surface area contributed by atoms with Crippen LogP contribution in [0.1, 0.15) is 40.2 Å². The smallest absolute Gasteiger partial charge is 0.413 e. The second kappa shape index (κ2) is 14.6. The maximum atomic E-state index is 13.2. The third-order valence-corrected chi connectivity index (χ3v) is 6.52. The topological polar surface area (TPSA) is 144 Å². The zero-order chi connectivity index (χ0) is 29.2. The molecule has 0 aliphatic carbocycles. The van der Waals surface area contributed by atoms with E-state index in [0.717, 1.165) is 0 Å². The minimum absolute atomic E-state index is 0.106.